The van der Waals surface area contributed by atoms with Gasteiger partial charge in [0.15, 0.2) is 0 Å². The molecule has 0 radical (unpaired) electrons. The third-order valence-corrected chi connectivity index (χ3v) is 4.13. The highest BCUT2D eigenvalue weighted by Crippen LogP contribution is 2.16. The summed E-state index contributed by atoms with van der Waals surface area (Å²) in [7, 11) is 1.44. The van der Waals surface area contributed by atoms with E-state index in [0.717, 1.165) is 49.6 Å². The predicted molar refractivity (Wildman–Crippen MR) is 84.3 cm³/mol. The first kappa shape index (κ1) is 16.3. The predicted octanol–water partition coefficient (Wildman–Crippen LogP) is 2.31. The number of hydrogen-bond donors (Lipinski definition) is 1. The van der Waals surface area contributed by atoms with Crippen molar-refractivity contribution in [1.29, 1.82) is 0 Å². The Balaban J connectivity index is 1.96. The van der Waals surface area contributed by atoms with Gasteiger partial charge in [-0.2, -0.15) is 0 Å². The van der Waals surface area contributed by atoms with Gasteiger partial charge >= 0.3 is 5.97 Å². The van der Waals surface area contributed by atoms with Crippen LogP contribution in [0.1, 0.15) is 18.4 Å². The van der Waals surface area contributed by atoms with Gasteiger partial charge < -0.3 is 10.1 Å². The fourth-order valence-electron chi connectivity index (χ4n) is 2.71. The Morgan fingerprint density at radius 3 is 2.62 bits per heavy atom. The quantitative estimate of drug-likeness (QED) is 0.819. The van der Waals surface area contributed by atoms with Crippen LogP contribution in [0.5, 0.6) is 0 Å². The number of ether oxygens (including phenoxy) is 1. The molecule has 1 aliphatic rings. The standard InChI is InChI=1S/C16H23ClN2O2/c1-21-16(20)12-19(11-14-6-8-18-9-7-14)10-13-2-4-15(17)5-3-13/h2-5,14,18H,6-12H2,1H3. The van der Waals surface area contributed by atoms with Crippen molar-refractivity contribution in [2.75, 3.05) is 33.3 Å². The molecule has 0 aromatic heterocycles. The van der Waals surface area contributed by atoms with E-state index in [1.165, 1.54) is 7.11 Å². The summed E-state index contributed by atoms with van der Waals surface area (Å²) >= 11 is 5.92. The lowest BCUT2D eigenvalue weighted by molar-refractivity contribution is -0.142. The summed E-state index contributed by atoms with van der Waals surface area (Å²) in [5, 5.41) is 4.10. The second-order valence-corrected chi connectivity index (χ2v) is 6.00. The minimum Gasteiger partial charge on any atom is -0.468 e. The minimum atomic E-state index is -0.183. The van der Waals surface area contributed by atoms with Crippen LogP contribution >= 0.6 is 11.6 Å². The third-order valence-electron chi connectivity index (χ3n) is 3.87. The van der Waals surface area contributed by atoms with E-state index in [-0.39, 0.29) is 5.97 Å². The van der Waals surface area contributed by atoms with E-state index in [0.29, 0.717) is 12.5 Å². The highest BCUT2D eigenvalue weighted by Gasteiger charge is 2.19. The van der Waals surface area contributed by atoms with Gasteiger partial charge in [-0.1, -0.05) is 23.7 Å². The number of carbonyl (C=O) groups excluding carboxylic acids is 1. The molecule has 21 heavy (non-hydrogen) atoms. The summed E-state index contributed by atoms with van der Waals surface area (Å²) in [6.45, 7) is 4.15. The molecule has 116 valence electrons. The zero-order valence-electron chi connectivity index (χ0n) is 12.5. The fraction of sp³-hybridized carbons (Fsp3) is 0.562. The van der Waals surface area contributed by atoms with Gasteiger partial charge in [-0.3, -0.25) is 9.69 Å². The lowest BCUT2D eigenvalue weighted by atomic mass is 9.97. The molecular weight excluding hydrogens is 288 g/mol. The zero-order chi connectivity index (χ0) is 15.1. The molecule has 2 rings (SSSR count). The maximum absolute atomic E-state index is 11.6. The number of nitrogens with zero attached hydrogens (tertiary/aromatic N) is 1. The fourth-order valence-corrected chi connectivity index (χ4v) is 2.84. The average Bonchev–Trinajstić information content (AvgIpc) is 2.50. The Labute approximate surface area is 131 Å². The van der Waals surface area contributed by atoms with Crippen LogP contribution in [0, 0.1) is 5.92 Å². The first-order valence-electron chi connectivity index (χ1n) is 7.41. The number of piperidine rings is 1. The Kier molecular flexibility index (Phi) is 6.49. The van der Waals surface area contributed by atoms with Crippen molar-refractivity contribution in [3.8, 4) is 0 Å². The average molecular weight is 311 g/mol. The highest BCUT2D eigenvalue weighted by atomic mass is 35.5. The molecule has 1 fully saturated rings. The molecule has 0 atom stereocenters. The van der Waals surface area contributed by atoms with Crippen LogP contribution in [0.3, 0.4) is 0 Å². The molecule has 5 heteroatoms. The molecule has 1 aromatic rings. The molecule has 1 heterocycles. The molecule has 0 amide bonds. The maximum Gasteiger partial charge on any atom is 0.319 e. The first-order chi connectivity index (χ1) is 10.2. The van der Waals surface area contributed by atoms with Crippen LogP contribution in [-0.2, 0) is 16.1 Å². The van der Waals surface area contributed by atoms with Gasteiger partial charge in [-0.15, -0.1) is 0 Å². The number of rotatable bonds is 6. The van der Waals surface area contributed by atoms with Crippen LogP contribution in [-0.4, -0.2) is 44.2 Å². The monoisotopic (exact) mass is 310 g/mol. The normalized spacial score (nSPS) is 16.1. The van der Waals surface area contributed by atoms with Gasteiger partial charge in [0.05, 0.1) is 13.7 Å². The first-order valence-corrected chi connectivity index (χ1v) is 7.79. The van der Waals surface area contributed by atoms with E-state index < -0.39 is 0 Å². The lowest BCUT2D eigenvalue weighted by Gasteiger charge is -2.29. The topological polar surface area (TPSA) is 41.6 Å². The summed E-state index contributed by atoms with van der Waals surface area (Å²) in [6.07, 6.45) is 2.33. The number of esters is 1. The summed E-state index contributed by atoms with van der Waals surface area (Å²) < 4.78 is 4.81. The molecule has 0 spiro atoms. The van der Waals surface area contributed by atoms with Crippen molar-refractivity contribution >= 4 is 17.6 Å². The molecule has 1 aliphatic heterocycles. The number of methoxy groups -OCH3 is 1. The van der Waals surface area contributed by atoms with Gasteiger partial charge in [0.1, 0.15) is 0 Å². The molecule has 1 aromatic carbocycles. The molecule has 0 bridgehead atoms. The van der Waals surface area contributed by atoms with Crippen molar-refractivity contribution in [2.45, 2.75) is 19.4 Å². The van der Waals surface area contributed by atoms with Gasteiger partial charge in [-0.25, -0.2) is 0 Å². The van der Waals surface area contributed by atoms with Crippen molar-refractivity contribution in [3.05, 3.63) is 34.9 Å². The van der Waals surface area contributed by atoms with Crippen molar-refractivity contribution in [3.63, 3.8) is 0 Å². The Bertz CT molecular complexity index is 444. The summed E-state index contributed by atoms with van der Waals surface area (Å²) in [5.74, 6) is 0.459. The van der Waals surface area contributed by atoms with E-state index in [4.69, 9.17) is 16.3 Å². The maximum atomic E-state index is 11.6. The van der Waals surface area contributed by atoms with Gasteiger partial charge in [-0.05, 0) is 49.5 Å². The summed E-state index contributed by atoms with van der Waals surface area (Å²) in [4.78, 5) is 13.8. The van der Waals surface area contributed by atoms with Crippen molar-refractivity contribution in [1.82, 2.24) is 10.2 Å². The van der Waals surface area contributed by atoms with Crippen molar-refractivity contribution in [2.24, 2.45) is 5.92 Å². The van der Waals surface area contributed by atoms with E-state index >= 15 is 0 Å². The third kappa shape index (κ3) is 5.65. The van der Waals surface area contributed by atoms with Crippen molar-refractivity contribution < 1.29 is 9.53 Å². The van der Waals surface area contributed by atoms with Crippen LogP contribution in [0.25, 0.3) is 0 Å². The van der Waals surface area contributed by atoms with Crippen LogP contribution < -0.4 is 5.32 Å². The second-order valence-electron chi connectivity index (χ2n) is 5.57. The molecular formula is C16H23ClN2O2. The molecule has 1 saturated heterocycles. The number of hydrogen-bond acceptors (Lipinski definition) is 4. The number of nitrogens with one attached hydrogen (secondary N) is 1. The summed E-state index contributed by atoms with van der Waals surface area (Å²) in [6, 6.07) is 7.79. The van der Waals surface area contributed by atoms with Gasteiger partial charge in [0.2, 0.25) is 0 Å². The van der Waals surface area contributed by atoms with Gasteiger partial charge in [0, 0.05) is 18.1 Å². The molecule has 0 saturated carbocycles. The number of halogens is 1. The van der Waals surface area contributed by atoms with E-state index in [1.807, 2.05) is 24.3 Å². The highest BCUT2D eigenvalue weighted by molar-refractivity contribution is 6.30. The number of carbonyl (C=O) groups is 1. The van der Waals surface area contributed by atoms with Crippen LogP contribution in [0.15, 0.2) is 24.3 Å². The lowest BCUT2D eigenvalue weighted by Crippen LogP contribution is -2.38. The minimum absolute atomic E-state index is 0.183. The van der Waals surface area contributed by atoms with Crippen LogP contribution in [0.4, 0.5) is 0 Å². The number of benzene rings is 1. The Morgan fingerprint density at radius 1 is 1.33 bits per heavy atom. The largest absolute Gasteiger partial charge is 0.468 e. The molecule has 0 unspecified atom stereocenters. The van der Waals surface area contributed by atoms with Crippen LogP contribution in [0.2, 0.25) is 5.02 Å². The van der Waals surface area contributed by atoms with E-state index in [1.54, 1.807) is 0 Å². The smallest absolute Gasteiger partial charge is 0.319 e. The Morgan fingerprint density at radius 2 is 2.00 bits per heavy atom. The molecule has 1 N–H and O–H groups in total. The second kappa shape index (κ2) is 8.37. The van der Waals surface area contributed by atoms with Gasteiger partial charge in [0.25, 0.3) is 0 Å². The SMILES string of the molecule is COC(=O)CN(Cc1ccc(Cl)cc1)CC1CCNCC1. The molecule has 4 nitrogen and oxygen atoms in total. The van der Waals surface area contributed by atoms with E-state index in [2.05, 4.69) is 10.2 Å². The molecule has 0 aliphatic carbocycles. The zero-order valence-corrected chi connectivity index (χ0v) is 13.2. The Hall–Kier alpha value is -1.10. The summed E-state index contributed by atoms with van der Waals surface area (Å²) in [5.41, 5.74) is 1.16. The van der Waals surface area contributed by atoms with E-state index in [9.17, 15) is 4.79 Å².